The molecule has 3 aromatic rings. The van der Waals surface area contributed by atoms with Crippen molar-refractivity contribution in [2.75, 3.05) is 5.32 Å². The molecule has 148 valence electrons. The van der Waals surface area contributed by atoms with E-state index in [1.54, 1.807) is 48.5 Å². The van der Waals surface area contributed by atoms with E-state index in [1.165, 1.54) is 0 Å². The van der Waals surface area contributed by atoms with Gasteiger partial charge in [-0.2, -0.15) is 0 Å². The molecule has 29 heavy (non-hydrogen) atoms. The first-order valence-corrected chi connectivity index (χ1v) is 9.60. The number of anilines is 1. The van der Waals surface area contributed by atoms with Crippen LogP contribution in [0.4, 0.5) is 5.69 Å². The fourth-order valence-corrected chi connectivity index (χ4v) is 2.65. The highest BCUT2D eigenvalue weighted by molar-refractivity contribution is 6.06. The normalized spacial score (nSPS) is 11.4. The fraction of sp³-hybridized carbons (Fsp3) is 0.167. The number of ether oxygens (including phenoxy) is 1. The molecule has 0 heterocycles. The Hall–Kier alpha value is -3.60. The Kier molecular flexibility index (Phi) is 6.63. The maximum absolute atomic E-state index is 12.6. The smallest absolute Gasteiger partial charge is 0.255 e. The number of rotatable bonds is 7. The van der Waals surface area contributed by atoms with Crippen molar-refractivity contribution in [2.24, 2.45) is 0 Å². The molecular weight excluding hydrogens is 364 g/mol. The number of para-hydroxylation sites is 1. The average Bonchev–Trinajstić information content (AvgIpc) is 2.75. The summed E-state index contributed by atoms with van der Waals surface area (Å²) in [5.74, 6) is 0.964. The van der Waals surface area contributed by atoms with Crippen molar-refractivity contribution in [1.82, 2.24) is 5.32 Å². The first kappa shape index (κ1) is 20.1. The molecule has 1 unspecified atom stereocenters. The summed E-state index contributed by atoms with van der Waals surface area (Å²) in [6, 6.07) is 23.4. The lowest BCUT2D eigenvalue weighted by Gasteiger charge is -2.12. The summed E-state index contributed by atoms with van der Waals surface area (Å²) < 4.78 is 5.75. The zero-order chi connectivity index (χ0) is 20.6. The van der Waals surface area contributed by atoms with Gasteiger partial charge in [0.2, 0.25) is 0 Å². The predicted octanol–water partition coefficient (Wildman–Crippen LogP) is 5.26. The summed E-state index contributed by atoms with van der Waals surface area (Å²) >= 11 is 0. The molecule has 0 bridgehead atoms. The number of carbonyl (C=O) groups excluding carboxylic acids is 2. The molecule has 1 atom stereocenters. The van der Waals surface area contributed by atoms with E-state index in [0.29, 0.717) is 22.6 Å². The standard InChI is InChI=1S/C24H24N2O3/c1-3-17(2)25-23(27)18-8-7-9-19(16-18)24(28)26-20-12-14-22(15-13-20)29-21-10-5-4-6-11-21/h4-17H,3H2,1-2H3,(H,25,27)(H,26,28). The van der Waals surface area contributed by atoms with Crippen molar-refractivity contribution in [3.8, 4) is 11.5 Å². The van der Waals surface area contributed by atoms with E-state index in [2.05, 4.69) is 10.6 Å². The number of nitrogens with one attached hydrogen (secondary N) is 2. The van der Waals surface area contributed by atoms with Crippen molar-refractivity contribution < 1.29 is 14.3 Å². The van der Waals surface area contributed by atoms with E-state index in [1.807, 2.05) is 44.2 Å². The van der Waals surface area contributed by atoms with Crippen LogP contribution in [0.5, 0.6) is 11.5 Å². The van der Waals surface area contributed by atoms with Crippen LogP contribution in [0.3, 0.4) is 0 Å². The second kappa shape index (κ2) is 9.55. The Labute approximate surface area is 170 Å². The minimum Gasteiger partial charge on any atom is -0.457 e. The number of hydrogen-bond acceptors (Lipinski definition) is 3. The maximum atomic E-state index is 12.6. The lowest BCUT2D eigenvalue weighted by Crippen LogP contribution is -2.32. The lowest BCUT2D eigenvalue weighted by molar-refractivity contribution is 0.0939. The molecule has 0 radical (unpaired) electrons. The van der Waals surface area contributed by atoms with E-state index < -0.39 is 0 Å². The number of amides is 2. The lowest BCUT2D eigenvalue weighted by atomic mass is 10.1. The van der Waals surface area contributed by atoms with Gasteiger partial charge in [0, 0.05) is 22.9 Å². The average molecular weight is 388 g/mol. The molecule has 0 spiro atoms. The molecule has 0 saturated heterocycles. The third-order valence-electron chi connectivity index (χ3n) is 4.47. The third kappa shape index (κ3) is 5.69. The second-order valence-electron chi connectivity index (χ2n) is 6.76. The molecule has 5 nitrogen and oxygen atoms in total. The Morgan fingerprint density at radius 3 is 2.10 bits per heavy atom. The van der Waals surface area contributed by atoms with Gasteiger partial charge in [0.05, 0.1) is 0 Å². The quantitative estimate of drug-likeness (QED) is 0.580. The van der Waals surface area contributed by atoms with Crippen LogP contribution in [0.1, 0.15) is 41.0 Å². The summed E-state index contributed by atoms with van der Waals surface area (Å²) in [4.78, 5) is 24.8. The van der Waals surface area contributed by atoms with Gasteiger partial charge in [0.25, 0.3) is 11.8 Å². The molecule has 3 rings (SSSR count). The summed E-state index contributed by atoms with van der Waals surface area (Å²) in [5, 5.41) is 5.74. The Balaban J connectivity index is 1.64. The molecule has 2 N–H and O–H groups in total. The van der Waals surface area contributed by atoms with Crippen LogP contribution in [0, 0.1) is 0 Å². The van der Waals surface area contributed by atoms with Gasteiger partial charge >= 0.3 is 0 Å². The predicted molar refractivity (Wildman–Crippen MR) is 115 cm³/mol. The highest BCUT2D eigenvalue weighted by Gasteiger charge is 2.12. The van der Waals surface area contributed by atoms with E-state index >= 15 is 0 Å². The van der Waals surface area contributed by atoms with Crippen LogP contribution in [0.2, 0.25) is 0 Å². The molecule has 0 aliphatic carbocycles. The Bertz CT molecular complexity index is 969. The molecule has 2 amide bonds. The van der Waals surface area contributed by atoms with E-state index in [9.17, 15) is 9.59 Å². The maximum Gasteiger partial charge on any atom is 0.255 e. The van der Waals surface area contributed by atoms with Gasteiger partial charge < -0.3 is 15.4 Å². The van der Waals surface area contributed by atoms with Crippen LogP contribution in [0.25, 0.3) is 0 Å². The second-order valence-corrected chi connectivity index (χ2v) is 6.76. The zero-order valence-electron chi connectivity index (χ0n) is 16.5. The fourth-order valence-electron chi connectivity index (χ4n) is 2.65. The molecule has 0 saturated carbocycles. The molecule has 5 heteroatoms. The Morgan fingerprint density at radius 1 is 0.828 bits per heavy atom. The van der Waals surface area contributed by atoms with Gasteiger partial charge in [-0.15, -0.1) is 0 Å². The minimum absolute atomic E-state index is 0.0802. The topological polar surface area (TPSA) is 67.4 Å². The van der Waals surface area contributed by atoms with Gasteiger partial charge in [-0.25, -0.2) is 0 Å². The molecule has 0 aliphatic rings. The van der Waals surface area contributed by atoms with Crippen molar-refractivity contribution in [3.05, 3.63) is 90.0 Å². The van der Waals surface area contributed by atoms with Crippen LogP contribution in [0.15, 0.2) is 78.9 Å². The Morgan fingerprint density at radius 2 is 1.45 bits per heavy atom. The molecule has 0 fully saturated rings. The highest BCUT2D eigenvalue weighted by Crippen LogP contribution is 2.23. The van der Waals surface area contributed by atoms with Crippen LogP contribution >= 0.6 is 0 Å². The van der Waals surface area contributed by atoms with Gasteiger partial charge in [-0.1, -0.05) is 31.2 Å². The first-order valence-electron chi connectivity index (χ1n) is 9.60. The van der Waals surface area contributed by atoms with Crippen LogP contribution in [-0.2, 0) is 0 Å². The highest BCUT2D eigenvalue weighted by atomic mass is 16.5. The summed E-state index contributed by atoms with van der Waals surface area (Å²) in [6.45, 7) is 3.95. The summed E-state index contributed by atoms with van der Waals surface area (Å²) in [6.07, 6.45) is 0.843. The SMILES string of the molecule is CCC(C)NC(=O)c1cccc(C(=O)Nc2ccc(Oc3ccccc3)cc2)c1. The van der Waals surface area contributed by atoms with Crippen LogP contribution < -0.4 is 15.4 Å². The van der Waals surface area contributed by atoms with Crippen molar-refractivity contribution in [2.45, 2.75) is 26.3 Å². The number of hydrogen-bond donors (Lipinski definition) is 2. The number of benzene rings is 3. The minimum atomic E-state index is -0.278. The van der Waals surface area contributed by atoms with Gasteiger partial charge in [-0.05, 0) is 67.9 Å². The molecular formula is C24H24N2O3. The largest absolute Gasteiger partial charge is 0.457 e. The van der Waals surface area contributed by atoms with Crippen LogP contribution in [-0.4, -0.2) is 17.9 Å². The van der Waals surface area contributed by atoms with Gasteiger partial charge in [0.15, 0.2) is 0 Å². The zero-order valence-corrected chi connectivity index (χ0v) is 16.5. The first-order chi connectivity index (χ1) is 14.0. The van der Waals surface area contributed by atoms with Crippen molar-refractivity contribution in [3.63, 3.8) is 0 Å². The van der Waals surface area contributed by atoms with Gasteiger partial charge in [-0.3, -0.25) is 9.59 Å². The van der Waals surface area contributed by atoms with E-state index in [0.717, 1.165) is 12.2 Å². The molecule has 3 aromatic carbocycles. The molecule has 0 aliphatic heterocycles. The monoisotopic (exact) mass is 388 g/mol. The third-order valence-corrected chi connectivity index (χ3v) is 4.47. The molecule has 0 aromatic heterocycles. The van der Waals surface area contributed by atoms with Crippen molar-refractivity contribution in [1.29, 1.82) is 0 Å². The van der Waals surface area contributed by atoms with E-state index in [4.69, 9.17) is 4.74 Å². The summed E-state index contributed by atoms with van der Waals surface area (Å²) in [5.41, 5.74) is 1.53. The summed E-state index contributed by atoms with van der Waals surface area (Å²) in [7, 11) is 0. The van der Waals surface area contributed by atoms with Crippen molar-refractivity contribution >= 4 is 17.5 Å². The number of carbonyl (C=O) groups is 2. The van der Waals surface area contributed by atoms with E-state index in [-0.39, 0.29) is 17.9 Å². The van der Waals surface area contributed by atoms with Gasteiger partial charge in [0.1, 0.15) is 11.5 Å².